The Hall–Kier alpha value is -0.160. The molecule has 2 atom stereocenters. The van der Waals surface area contributed by atoms with Gasteiger partial charge < -0.3 is 20.5 Å². The van der Waals surface area contributed by atoms with Gasteiger partial charge in [0.05, 0.1) is 6.10 Å². The van der Waals surface area contributed by atoms with Crippen LogP contribution in [0.1, 0.15) is 19.3 Å². The molecule has 4 heteroatoms. The smallest absolute Gasteiger partial charge is 0.0680 e. The highest BCUT2D eigenvalue weighted by molar-refractivity contribution is 4.84. The van der Waals surface area contributed by atoms with Crippen molar-refractivity contribution in [3.8, 4) is 0 Å². The van der Waals surface area contributed by atoms with Crippen molar-refractivity contribution in [2.75, 3.05) is 26.3 Å². The first-order valence-electron chi connectivity index (χ1n) is 5.57. The van der Waals surface area contributed by atoms with Gasteiger partial charge in [0, 0.05) is 38.4 Å². The lowest BCUT2D eigenvalue weighted by atomic mass is 10.1. The molecule has 0 aromatic carbocycles. The van der Waals surface area contributed by atoms with Crippen LogP contribution in [0.2, 0.25) is 0 Å². The zero-order valence-corrected chi connectivity index (χ0v) is 8.54. The number of aliphatic hydroxyl groups excluding tert-OH is 1. The van der Waals surface area contributed by atoms with Crippen molar-refractivity contribution in [3.63, 3.8) is 0 Å². The lowest BCUT2D eigenvalue weighted by Crippen LogP contribution is -2.42. The standard InChI is InChI=1S/C10H20N2O2/c13-10-5-9(12-7-10)6-11-8-1-3-14-4-2-8/h8-13H,1-7H2/t9-,10+/m0/s1. The maximum absolute atomic E-state index is 9.33. The number of hydrogen-bond donors (Lipinski definition) is 3. The van der Waals surface area contributed by atoms with Gasteiger partial charge >= 0.3 is 0 Å². The molecule has 0 saturated carbocycles. The number of ether oxygens (including phenoxy) is 1. The van der Waals surface area contributed by atoms with Gasteiger partial charge in [-0.3, -0.25) is 0 Å². The summed E-state index contributed by atoms with van der Waals surface area (Å²) in [5.74, 6) is 0. The van der Waals surface area contributed by atoms with Crippen LogP contribution in [0.15, 0.2) is 0 Å². The van der Waals surface area contributed by atoms with E-state index in [0.29, 0.717) is 12.1 Å². The summed E-state index contributed by atoms with van der Waals surface area (Å²) in [6.07, 6.45) is 2.98. The van der Waals surface area contributed by atoms with Crippen LogP contribution < -0.4 is 10.6 Å². The zero-order valence-electron chi connectivity index (χ0n) is 8.54. The largest absolute Gasteiger partial charge is 0.392 e. The van der Waals surface area contributed by atoms with Gasteiger partial charge in [-0.15, -0.1) is 0 Å². The van der Waals surface area contributed by atoms with Crippen molar-refractivity contribution in [1.29, 1.82) is 0 Å². The van der Waals surface area contributed by atoms with Crippen molar-refractivity contribution in [2.24, 2.45) is 0 Å². The number of hydrogen-bond acceptors (Lipinski definition) is 4. The molecule has 0 aromatic rings. The van der Waals surface area contributed by atoms with E-state index in [1.807, 2.05) is 0 Å². The average Bonchev–Trinajstić information content (AvgIpc) is 2.63. The predicted octanol–water partition coefficient (Wildman–Crippen LogP) is -0.522. The second-order valence-corrected chi connectivity index (χ2v) is 4.29. The number of nitrogens with one attached hydrogen (secondary N) is 2. The fourth-order valence-corrected chi connectivity index (χ4v) is 2.16. The first kappa shape index (κ1) is 10.4. The highest BCUT2D eigenvalue weighted by atomic mass is 16.5. The van der Waals surface area contributed by atoms with E-state index in [1.165, 1.54) is 0 Å². The molecule has 0 amide bonds. The molecular formula is C10H20N2O2. The fraction of sp³-hybridized carbons (Fsp3) is 1.00. The third-order valence-corrected chi connectivity index (χ3v) is 3.07. The second kappa shape index (κ2) is 5.07. The molecule has 82 valence electrons. The van der Waals surface area contributed by atoms with E-state index in [1.54, 1.807) is 0 Å². The van der Waals surface area contributed by atoms with Crippen LogP contribution in [-0.4, -0.2) is 49.6 Å². The Morgan fingerprint density at radius 1 is 1.36 bits per heavy atom. The molecule has 0 aliphatic carbocycles. The van der Waals surface area contributed by atoms with Crippen molar-refractivity contribution >= 4 is 0 Å². The van der Waals surface area contributed by atoms with Crippen LogP contribution >= 0.6 is 0 Å². The van der Waals surface area contributed by atoms with Crippen LogP contribution in [0.4, 0.5) is 0 Å². The van der Waals surface area contributed by atoms with Crippen molar-refractivity contribution < 1.29 is 9.84 Å². The Morgan fingerprint density at radius 2 is 2.14 bits per heavy atom. The lowest BCUT2D eigenvalue weighted by Gasteiger charge is -2.24. The number of β-amino-alcohol motifs (C(OH)–C–C–N with tert-alkyl or cyclic N) is 1. The maximum Gasteiger partial charge on any atom is 0.0680 e. The van der Waals surface area contributed by atoms with E-state index in [4.69, 9.17) is 4.74 Å². The van der Waals surface area contributed by atoms with E-state index in [9.17, 15) is 5.11 Å². The highest BCUT2D eigenvalue weighted by Crippen LogP contribution is 2.08. The van der Waals surface area contributed by atoms with E-state index in [2.05, 4.69) is 10.6 Å². The molecular weight excluding hydrogens is 180 g/mol. The monoisotopic (exact) mass is 200 g/mol. The highest BCUT2D eigenvalue weighted by Gasteiger charge is 2.22. The minimum atomic E-state index is -0.142. The van der Waals surface area contributed by atoms with Gasteiger partial charge in [0.2, 0.25) is 0 Å². The van der Waals surface area contributed by atoms with Gasteiger partial charge in [0.25, 0.3) is 0 Å². The van der Waals surface area contributed by atoms with Crippen LogP contribution in [0.5, 0.6) is 0 Å². The summed E-state index contributed by atoms with van der Waals surface area (Å²) >= 11 is 0. The van der Waals surface area contributed by atoms with E-state index < -0.39 is 0 Å². The molecule has 4 nitrogen and oxygen atoms in total. The Balaban J connectivity index is 1.61. The van der Waals surface area contributed by atoms with Crippen molar-refractivity contribution in [2.45, 2.75) is 37.5 Å². The second-order valence-electron chi connectivity index (χ2n) is 4.29. The summed E-state index contributed by atoms with van der Waals surface area (Å²) in [6.45, 7) is 3.50. The Morgan fingerprint density at radius 3 is 2.79 bits per heavy atom. The summed E-state index contributed by atoms with van der Waals surface area (Å²) < 4.78 is 5.29. The summed E-state index contributed by atoms with van der Waals surface area (Å²) in [6, 6.07) is 1.07. The molecule has 2 fully saturated rings. The van der Waals surface area contributed by atoms with Crippen molar-refractivity contribution in [3.05, 3.63) is 0 Å². The molecule has 0 aromatic heterocycles. The summed E-state index contributed by atoms with van der Waals surface area (Å²) in [7, 11) is 0. The molecule has 2 rings (SSSR count). The molecule has 14 heavy (non-hydrogen) atoms. The van der Waals surface area contributed by atoms with Gasteiger partial charge in [-0.1, -0.05) is 0 Å². The van der Waals surface area contributed by atoms with E-state index in [0.717, 1.165) is 45.6 Å². The van der Waals surface area contributed by atoms with Crippen molar-refractivity contribution in [1.82, 2.24) is 10.6 Å². The van der Waals surface area contributed by atoms with Crippen LogP contribution in [0.25, 0.3) is 0 Å². The predicted molar refractivity (Wildman–Crippen MR) is 54.3 cm³/mol. The third-order valence-electron chi connectivity index (χ3n) is 3.07. The first-order valence-corrected chi connectivity index (χ1v) is 5.57. The minimum absolute atomic E-state index is 0.142. The van der Waals surface area contributed by atoms with Crippen LogP contribution in [0, 0.1) is 0 Å². The van der Waals surface area contributed by atoms with Gasteiger partial charge in [0.1, 0.15) is 0 Å². The SMILES string of the molecule is O[C@H]1CN[C@H](CNC2CCOCC2)C1. The molecule has 0 unspecified atom stereocenters. The molecule has 2 heterocycles. The first-order chi connectivity index (χ1) is 6.84. The zero-order chi connectivity index (χ0) is 9.80. The molecule has 0 radical (unpaired) electrons. The maximum atomic E-state index is 9.33. The molecule has 2 aliphatic heterocycles. The van der Waals surface area contributed by atoms with Gasteiger partial charge in [0.15, 0.2) is 0 Å². The molecule has 2 aliphatic rings. The van der Waals surface area contributed by atoms with Crippen LogP contribution in [-0.2, 0) is 4.74 Å². The Bertz CT molecular complexity index is 167. The fourth-order valence-electron chi connectivity index (χ4n) is 2.16. The van der Waals surface area contributed by atoms with Gasteiger partial charge in [-0.05, 0) is 19.3 Å². The minimum Gasteiger partial charge on any atom is -0.392 e. The summed E-state index contributed by atoms with van der Waals surface area (Å²) in [4.78, 5) is 0. The quantitative estimate of drug-likeness (QED) is 0.574. The molecule has 2 saturated heterocycles. The number of aliphatic hydroxyl groups is 1. The molecule has 0 bridgehead atoms. The number of rotatable bonds is 3. The summed E-state index contributed by atoms with van der Waals surface area (Å²) in [5.41, 5.74) is 0. The topological polar surface area (TPSA) is 53.5 Å². The molecule has 3 N–H and O–H groups in total. The Kier molecular flexibility index (Phi) is 3.75. The van der Waals surface area contributed by atoms with Crippen LogP contribution in [0.3, 0.4) is 0 Å². The average molecular weight is 200 g/mol. The lowest BCUT2D eigenvalue weighted by molar-refractivity contribution is 0.0774. The normalized spacial score (nSPS) is 34.9. The van der Waals surface area contributed by atoms with E-state index in [-0.39, 0.29) is 6.10 Å². The third kappa shape index (κ3) is 2.92. The molecule has 0 spiro atoms. The van der Waals surface area contributed by atoms with Gasteiger partial charge in [-0.2, -0.15) is 0 Å². The Labute approximate surface area is 85.0 Å². The van der Waals surface area contributed by atoms with Gasteiger partial charge in [-0.25, -0.2) is 0 Å². The van der Waals surface area contributed by atoms with E-state index >= 15 is 0 Å². The summed E-state index contributed by atoms with van der Waals surface area (Å²) in [5, 5.41) is 16.2.